The minimum absolute atomic E-state index is 0.112. The van der Waals surface area contributed by atoms with Gasteiger partial charge in [-0.05, 0) is 16.9 Å². The van der Waals surface area contributed by atoms with Crippen LogP contribution in [0.25, 0.3) is 0 Å². The largest absolute Gasteiger partial charge is 0.481 e. The van der Waals surface area contributed by atoms with Crippen molar-refractivity contribution in [2.75, 3.05) is 0 Å². The summed E-state index contributed by atoms with van der Waals surface area (Å²) in [5.41, 5.74) is 0.917. The van der Waals surface area contributed by atoms with Gasteiger partial charge in [0.25, 0.3) is 0 Å². The standard InChI is InChI=1S/C13H20N2O2/c1-8(2)6-15-7-9(5-14-15)10-11(12(16)17)13(10,3)4/h5,7-8,10-11H,6H2,1-4H3,(H,16,17)/t10-,11+/m0/s1. The van der Waals surface area contributed by atoms with Crippen molar-refractivity contribution < 1.29 is 9.90 Å². The molecule has 0 bridgehead atoms. The topological polar surface area (TPSA) is 55.1 Å². The first kappa shape index (κ1) is 12.1. The second-order valence-electron chi connectivity index (χ2n) is 6.00. The number of carboxylic acid groups (broad SMARTS) is 1. The Hall–Kier alpha value is -1.32. The molecule has 1 fully saturated rings. The van der Waals surface area contributed by atoms with Crippen LogP contribution in [0.2, 0.25) is 0 Å². The van der Waals surface area contributed by atoms with Crippen LogP contribution in [0.4, 0.5) is 0 Å². The van der Waals surface area contributed by atoms with Crippen molar-refractivity contribution in [3.63, 3.8) is 0 Å². The van der Waals surface area contributed by atoms with E-state index in [9.17, 15) is 4.79 Å². The molecule has 1 heterocycles. The minimum atomic E-state index is -0.698. The van der Waals surface area contributed by atoms with Crippen LogP contribution in [0.5, 0.6) is 0 Å². The summed E-state index contributed by atoms with van der Waals surface area (Å²) >= 11 is 0. The summed E-state index contributed by atoms with van der Waals surface area (Å²) < 4.78 is 1.91. The lowest BCUT2D eigenvalue weighted by molar-refractivity contribution is -0.139. The minimum Gasteiger partial charge on any atom is -0.481 e. The predicted molar refractivity (Wildman–Crippen MR) is 64.7 cm³/mol. The van der Waals surface area contributed by atoms with Crippen LogP contribution in [-0.2, 0) is 11.3 Å². The number of hydrogen-bond donors (Lipinski definition) is 1. The Balaban J connectivity index is 2.14. The van der Waals surface area contributed by atoms with Crippen molar-refractivity contribution in [1.29, 1.82) is 0 Å². The molecule has 17 heavy (non-hydrogen) atoms. The molecule has 2 atom stereocenters. The molecular formula is C13H20N2O2. The second kappa shape index (κ2) is 3.86. The molecule has 1 N–H and O–H groups in total. The number of aliphatic carboxylic acids is 1. The van der Waals surface area contributed by atoms with Crippen LogP contribution in [0, 0.1) is 17.3 Å². The molecule has 0 spiro atoms. The zero-order chi connectivity index (χ0) is 12.8. The fraction of sp³-hybridized carbons (Fsp3) is 0.692. The van der Waals surface area contributed by atoms with E-state index in [0.717, 1.165) is 12.1 Å². The number of carboxylic acids is 1. The van der Waals surface area contributed by atoms with Gasteiger partial charge in [-0.2, -0.15) is 5.10 Å². The highest BCUT2D eigenvalue weighted by atomic mass is 16.4. The Bertz CT molecular complexity index is 434. The van der Waals surface area contributed by atoms with Gasteiger partial charge in [0.2, 0.25) is 0 Å². The van der Waals surface area contributed by atoms with E-state index in [1.165, 1.54) is 0 Å². The third-order valence-electron chi connectivity index (χ3n) is 3.66. The molecule has 4 nitrogen and oxygen atoms in total. The van der Waals surface area contributed by atoms with E-state index >= 15 is 0 Å². The number of nitrogens with zero attached hydrogens (tertiary/aromatic N) is 2. The van der Waals surface area contributed by atoms with Gasteiger partial charge in [-0.3, -0.25) is 9.48 Å². The Morgan fingerprint density at radius 3 is 2.71 bits per heavy atom. The smallest absolute Gasteiger partial charge is 0.307 e. The van der Waals surface area contributed by atoms with Crippen molar-refractivity contribution in [2.24, 2.45) is 17.3 Å². The summed E-state index contributed by atoms with van der Waals surface area (Å²) in [6, 6.07) is 0. The number of carbonyl (C=O) groups is 1. The third kappa shape index (κ3) is 2.08. The Morgan fingerprint density at radius 2 is 2.24 bits per heavy atom. The van der Waals surface area contributed by atoms with Crippen LogP contribution in [0.15, 0.2) is 12.4 Å². The summed E-state index contributed by atoms with van der Waals surface area (Å²) in [6.07, 6.45) is 3.81. The van der Waals surface area contributed by atoms with Crippen LogP contribution in [0.3, 0.4) is 0 Å². The monoisotopic (exact) mass is 236 g/mol. The maximum absolute atomic E-state index is 11.1. The van der Waals surface area contributed by atoms with Crippen LogP contribution >= 0.6 is 0 Å². The van der Waals surface area contributed by atoms with Crippen molar-refractivity contribution in [2.45, 2.75) is 40.2 Å². The van der Waals surface area contributed by atoms with Gasteiger partial charge in [-0.15, -0.1) is 0 Å². The average molecular weight is 236 g/mol. The molecular weight excluding hydrogens is 216 g/mol. The van der Waals surface area contributed by atoms with Crippen molar-refractivity contribution in [3.8, 4) is 0 Å². The van der Waals surface area contributed by atoms with Gasteiger partial charge in [0.05, 0.1) is 12.1 Å². The summed E-state index contributed by atoms with van der Waals surface area (Å²) in [4.78, 5) is 11.1. The third-order valence-corrected chi connectivity index (χ3v) is 3.66. The lowest BCUT2D eigenvalue weighted by Crippen LogP contribution is -2.04. The lowest BCUT2D eigenvalue weighted by Gasteiger charge is -2.03. The van der Waals surface area contributed by atoms with Gasteiger partial charge >= 0.3 is 5.97 Å². The normalized spacial score (nSPS) is 26.2. The lowest BCUT2D eigenvalue weighted by atomic mass is 10.1. The highest BCUT2D eigenvalue weighted by Crippen LogP contribution is 2.64. The van der Waals surface area contributed by atoms with Gasteiger partial charge in [-0.1, -0.05) is 27.7 Å². The van der Waals surface area contributed by atoms with E-state index in [4.69, 9.17) is 5.11 Å². The molecule has 0 aromatic carbocycles. The molecule has 1 aromatic rings. The quantitative estimate of drug-likeness (QED) is 0.873. The number of rotatable bonds is 4. The maximum atomic E-state index is 11.1. The van der Waals surface area contributed by atoms with Crippen LogP contribution < -0.4 is 0 Å². The van der Waals surface area contributed by atoms with E-state index in [1.807, 2.05) is 30.9 Å². The summed E-state index contributed by atoms with van der Waals surface area (Å²) in [6.45, 7) is 9.18. The molecule has 0 saturated heterocycles. The molecule has 4 heteroatoms. The van der Waals surface area contributed by atoms with Crippen molar-refractivity contribution in [1.82, 2.24) is 9.78 Å². The number of hydrogen-bond acceptors (Lipinski definition) is 2. The first-order chi connectivity index (χ1) is 7.84. The number of aromatic nitrogens is 2. The Labute approximate surface area is 102 Å². The van der Waals surface area contributed by atoms with Crippen molar-refractivity contribution in [3.05, 3.63) is 18.0 Å². The van der Waals surface area contributed by atoms with Gasteiger partial charge in [0.1, 0.15) is 0 Å². The van der Waals surface area contributed by atoms with E-state index in [1.54, 1.807) is 0 Å². The molecule has 94 valence electrons. The van der Waals surface area contributed by atoms with E-state index in [2.05, 4.69) is 18.9 Å². The molecule has 0 unspecified atom stereocenters. The molecule has 1 saturated carbocycles. The van der Waals surface area contributed by atoms with Gasteiger partial charge in [0.15, 0.2) is 0 Å². The molecule has 0 radical (unpaired) electrons. The second-order valence-corrected chi connectivity index (χ2v) is 6.00. The molecule has 2 rings (SSSR count). The Kier molecular flexibility index (Phi) is 2.76. The van der Waals surface area contributed by atoms with Crippen LogP contribution in [-0.4, -0.2) is 20.9 Å². The molecule has 1 aliphatic rings. The highest BCUT2D eigenvalue weighted by molar-refractivity contribution is 5.77. The van der Waals surface area contributed by atoms with Crippen molar-refractivity contribution >= 4 is 5.97 Å². The van der Waals surface area contributed by atoms with Gasteiger partial charge in [-0.25, -0.2) is 0 Å². The van der Waals surface area contributed by atoms with E-state index in [-0.39, 0.29) is 17.3 Å². The fourth-order valence-electron chi connectivity index (χ4n) is 2.73. The molecule has 0 aliphatic heterocycles. The summed E-state index contributed by atoms with van der Waals surface area (Å²) in [7, 11) is 0. The molecule has 1 aromatic heterocycles. The van der Waals surface area contributed by atoms with Crippen LogP contribution in [0.1, 0.15) is 39.2 Å². The summed E-state index contributed by atoms with van der Waals surface area (Å²) in [5, 5.41) is 13.4. The first-order valence-electron chi connectivity index (χ1n) is 6.09. The first-order valence-corrected chi connectivity index (χ1v) is 6.09. The van der Waals surface area contributed by atoms with Gasteiger partial charge < -0.3 is 5.11 Å². The summed E-state index contributed by atoms with van der Waals surface area (Å²) in [5.74, 6) is -0.304. The zero-order valence-corrected chi connectivity index (χ0v) is 10.8. The molecule has 1 aliphatic carbocycles. The Morgan fingerprint density at radius 1 is 1.59 bits per heavy atom. The highest BCUT2D eigenvalue weighted by Gasteiger charge is 2.63. The molecule has 0 amide bonds. The van der Waals surface area contributed by atoms with E-state index in [0.29, 0.717) is 5.92 Å². The van der Waals surface area contributed by atoms with Gasteiger partial charge in [0, 0.05) is 18.7 Å². The van der Waals surface area contributed by atoms with E-state index < -0.39 is 5.97 Å². The maximum Gasteiger partial charge on any atom is 0.307 e. The predicted octanol–water partition coefficient (Wildman–Crippen LogP) is 2.36. The zero-order valence-electron chi connectivity index (χ0n) is 10.8. The fourth-order valence-corrected chi connectivity index (χ4v) is 2.73. The SMILES string of the molecule is CC(C)Cn1cc([C@H]2[C@H](C(=O)O)C2(C)C)cn1. The average Bonchev–Trinajstić information content (AvgIpc) is 2.54.